The molecule has 1 saturated carbocycles. The number of carbonyl (C=O) groups is 5. The number of hydrogen-bond donors (Lipinski definition) is 2. The van der Waals surface area contributed by atoms with Crippen LogP contribution in [0.25, 0.3) is 0 Å². The molecule has 2 aromatic rings. The van der Waals surface area contributed by atoms with E-state index in [1.54, 1.807) is 38.7 Å². The predicted octanol–water partition coefficient (Wildman–Crippen LogP) is 7.22. The molecule has 1 amide bonds. The molecule has 11 heteroatoms. The zero-order valence-corrected chi connectivity index (χ0v) is 31.9. The van der Waals surface area contributed by atoms with Crippen LogP contribution in [0.2, 0.25) is 0 Å². The number of aryl methyl sites for hydroxylation is 1. The second kappa shape index (κ2) is 21.7. The highest BCUT2D eigenvalue weighted by atomic mass is 16.5. The molecule has 290 valence electrons. The first-order valence-corrected chi connectivity index (χ1v) is 18.1. The van der Waals surface area contributed by atoms with Crippen molar-refractivity contribution in [1.82, 2.24) is 15.5 Å². The quantitative estimate of drug-likeness (QED) is 0.280. The molecule has 11 nitrogen and oxygen atoms in total. The van der Waals surface area contributed by atoms with Gasteiger partial charge >= 0.3 is 11.9 Å². The molecule has 53 heavy (non-hydrogen) atoms. The monoisotopic (exact) mass is 733 g/mol. The molecule has 1 aromatic heterocycles. The number of furan rings is 1. The number of nitrogens with zero attached hydrogens (tertiary/aromatic N) is 1. The van der Waals surface area contributed by atoms with Gasteiger partial charge in [0.05, 0.1) is 30.4 Å². The van der Waals surface area contributed by atoms with Gasteiger partial charge in [-0.1, -0.05) is 50.3 Å². The highest BCUT2D eigenvalue weighted by Gasteiger charge is 2.38. The summed E-state index contributed by atoms with van der Waals surface area (Å²) in [6, 6.07) is 13.7. The largest absolute Gasteiger partial charge is 0.463 e. The Kier molecular flexibility index (Phi) is 18.2. The number of hydrogen-bond acceptors (Lipinski definition) is 10. The van der Waals surface area contributed by atoms with Crippen molar-refractivity contribution in [3.05, 3.63) is 93.7 Å². The minimum Gasteiger partial charge on any atom is -0.463 e. The highest BCUT2D eigenvalue weighted by Crippen LogP contribution is 2.27. The van der Waals surface area contributed by atoms with Gasteiger partial charge in [-0.15, -0.1) is 0 Å². The molecule has 0 spiro atoms. The van der Waals surface area contributed by atoms with Crippen molar-refractivity contribution >= 4 is 29.4 Å². The summed E-state index contributed by atoms with van der Waals surface area (Å²) in [5, 5.41) is 6.37. The number of benzene rings is 1. The Morgan fingerprint density at radius 1 is 0.868 bits per heavy atom. The Bertz CT molecular complexity index is 1630. The van der Waals surface area contributed by atoms with Gasteiger partial charge < -0.3 is 24.1 Å². The Hall–Kier alpha value is -4.77. The second-order valence-corrected chi connectivity index (χ2v) is 13.5. The first-order chi connectivity index (χ1) is 24.7. The number of ether oxygens (including phenoxy) is 2. The zero-order chi connectivity index (χ0) is 38.4. The van der Waals surface area contributed by atoms with Gasteiger partial charge in [0, 0.05) is 44.1 Å². The van der Waals surface area contributed by atoms with E-state index in [9.17, 15) is 24.0 Å². The van der Waals surface area contributed by atoms with Crippen molar-refractivity contribution in [3.8, 4) is 0 Å². The maximum Gasteiger partial charge on any atom is 0.336 e. The minimum absolute atomic E-state index is 0. The summed E-state index contributed by atoms with van der Waals surface area (Å²) in [6.45, 7) is 13.7. The molecular weight excluding hydrogens is 674 g/mol. The van der Waals surface area contributed by atoms with E-state index >= 15 is 0 Å². The average molecular weight is 734 g/mol. The summed E-state index contributed by atoms with van der Waals surface area (Å²) in [4.78, 5) is 58.4. The number of ketones is 2. The third-order valence-electron chi connectivity index (χ3n) is 9.05. The number of nitrogens with one attached hydrogen (secondary N) is 2. The summed E-state index contributed by atoms with van der Waals surface area (Å²) in [5.41, 5.74) is 4.78. The van der Waals surface area contributed by atoms with Crippen molar-refractivity contribution in [2.75, 3.05) is 20.3 Å². The van der Waals surface area contributed by atoms with Crippen LogP contribution in [0.5, 0.6) is 0 Å². The van der Waals surface area contributed by atoms with Gasteiger partial charge in [0.15, 0.2) is 5.78 Å². The second-order valence-electron chi connectivity index (χ2n) is 13.5. The molecule has 6 rings (SSSR count). The topological polar surface area (TPSA) is 144 Å². The van der Waals surface area contributed by atoms with Crippen LogP contribution in [0, 0.1) is 12.8 Å². The van der Waals surface area contributed by atoms with Crippen LogP contribution < -0.4 is 10.6 Å². The van der Waals surface area contributed by atoms with Crippen LogP contribution in [-0.2, 0) is 39.9 Å². The third-order valence-corrected chi connectivity index (χ3v) is 9.05. The number of esters is 2. The van der Waals surface area contributed by atoms with Crippen LogP contribution in [-0.4, -0.2) is 60.6 Å². The standard InChI is InChI=1S/C16H18N2O2.C13H19NO4.C6H10O.C6H8O.CH4/c1-11-8-9-14(20-11)15-17-13(16(19)18(15)2)10-12-6-4-3-5-7-12;1-5-17-12(15)10-7-11(13(16)18-6-2)9(4)14-8(10)3;2*1-5-2-3-6(7)4-5;/h3-9,13,15,17H,10H2,1-2H3;14H,5-7H2,1-4H3;5H,2-4H2,1H3;4H,2-3H2,1H3;1H4/t13-,15-;;5-;;/m1.0../s1. The molecule has 2 aliphatic heterocycles. The molecule has 2 aliphatic carbocycles. The third kappa shape index (κ3) is 13.6. The maximum absolute atomic E-state index is 12.3. The summed E-state index contributed by atoms with van der Waals surface area (Å²) < 4.78 is 15.6. The van der Waals surface area contributed by atoms with E-state index < -0.39 is 11.9 Å². The SMILES string of the molecule is C.CC1=CC(=O)CC1.CCOC(=O)C1=C(C)NC(C)=C(C(=O)OCC)C1.C[C@H]1CCC(=O)C1.Cc1ccc([C@@H]2N[C@H](Cc3ccccc3)C(=O)N2C)o1. The number of rotatable bonds is 7. The van der Waals surface area contributed by atoms with Crippen LogP contribution in [0.15, 0.2) is 81.1 Å². The van der Waals surface area contributed by atoms with Gasteiger partial charge in [-0.05, 0) is 90.5 Å². The van der Waals surface area contributed by atoms with Crippen LogP contribution in [0.3, 0.4) is 0 Å². The fraction of sp³-hybridized carbons (Fsp3) is 0.500. The molecule has 3 atom stereocenters. The molecule has 0 radical (unpaired) electrons. The summed E-state index contributed by atoms with van der Waals surface area (Å²) in [7, 11) is 1.81. The van der Waals surface area contributed by atoms with E-state index in [1.165, 1.54) is 5.57 Å². The Morgan fingerprint density at radius 3 is 1.87 bits per heavy atom. The number of allylic oxidation sites excluding steroid dienone is 4. The molecule has 3 heterocycles. The number of carbonyl (C=O) groups excluding carboxylic acids is 5. The zero-order valence-electron chi connectivity index (χ0n) is 31.9. The van der Waals surface area contributed by atoms with E-state index in [1.807, 2.05) is 63.4 Å². The van der Waals surface area contributed by atoms with E-state index in [-0.39, 0.29) is 37.7 Å². The van der Waals surface area contributed by atoms with E-state index in [4.69, 9.17) is 13.9 Å². The molecule has 0 unspecified atom stereocenters. The molecule has 2 N–H and O–H groups in total. The number of dihydropyridines is 1. The van der Waals surface area contributed by atoms with Crippen LogP contribution >= 0.6 is 0 Å². The lowest BCUT2D eigenvalue weighted by atomic mass is 9.98. The number of amides is 1. The Labute approximate surface area is 315 Å². The summed E-state index contributed by atoms with van der Waals surface area (Å²) >= 11 is 0. The first-order valence-electron chi connectivity index (χ1n) is 18.1. The lowest BCUT2D eigenvalue weighted by Crippen LogP contribution is -2.31. The molecule has 4 aliphatic rings. The summed E-state index contributed by atoms with van der Waals surface area (Å²) in [5.74, 6) is 2.38. The fourth-order valence-corrected chi connectivity index (χ4v) is 6.12. The summed E-state index contributed by atoms with van der Waals surface area (Å²) in [6.07, 6.45) is 7.01. The minimum atomic E-state index is -0.392. The van der Waals surface area contributed by atoms with Crippen molar-refractivity contribution in [3.63, 3.8) is 0 Å². The molecule has 2 fully saturated rings. The van der Waals surface area contributed by atoms with Crippen molar-refractivity contribution in [2.24, 2.45) is 5.92 Å². The lowest BCUT2D eigenvalue weighted by Gasteiger charge is -2.22. The highest BCUT2D eigenvalue weighted by molar-refractivity contribution is 5.96. The number of Topliss-reactive ketones (excluding diaryl/α,β-unsaturated/α-hetero) is 1. The van der Waals surface area contributed by atoms with Gasteiger partial charge in [0.1, 0.15) is 23.5 Å². The Morgan fingerprint density at radius 2 is 1.47 bits per heavy atom. The van der Waals surface area contributed by atoms with Crippen LogP contribution in [0.4, 0.5) is 0 Å². The van der Waals surface area contributed by atoms with E-state index in [0.29, 0.717) is 42.5 Å². The average Bonchev–Trinajstić information content (AvgIpc) is 3.88. The Balaban J connectivity index is 0.000000267. The van der Waals surface area contributed by atoms with Gasteiger partial charge in [-0.25, -0.2) is 9.59 Å². The number of likely N-dealkylation sites (N-methyl/N-ethyl adjacent to an activating group) is 1. The van der Waals surface area contributed by atoms with Gasteiger partial charge in [0.25, 0.3) is 0 Å². The van der Waals surface area contributed by atoms with Gasteiger partial charge in [-0.3, -0.25) is 19.7 Å². The molecule has 0 bridgehead atoms. The van der Waals surface area contributed by atoms with E-state index in [0.717, 1.165) is 60.6 Å². The molecular formula is C42H59N3O8. The van der Waals surface area contributed by atoms with Crippen molar-refractivity contribution in [2.45, 2.75) is 113 Å². The fourth-order valence-electron chi connectivity index (χ4n) is 6.12. The smallest absolute Gasteiger partial charge is 0.336 e. The van der Waals surface area contributed by atoms with Gasteiger partial charge in [0.2, 0.25) is 5.91 Å². The van der Waals surface area contributed by atoms with Crippen LogP contribution in [0.1, 0.15) is 111 Å². The van der Waals surface area contributed by atoms with E-state index in [2.05, 4.69) is 17.6 Å². The first kappa shape index (κ1) is 44.4. The maximum atomic E-state index is 12.3. The van der Waals surface area contributed by atoms with Crippen molar-refractivity contribution < 1.29 is 37.9 Å². The molecule has 1 aromatic carbocycles. The lowest BCUT2D eigenvalue weighted by molar-refractivity contribution is -0.139. The normalized spacial score (nSPS) is 20.5. The van der Waals surface area contributed by atoms with Crippen molar-refractivity contribution in [1.29, 1.82) is 0 Å². The van der Waals surface area contributed by atoms with Gasteiger partial charge in [-0.2, -0.15) is 0 Å². The molecule has 1 saturated heterocycles. The predicted molar refractivity (Wildman–Crippen MR) is 205 cm³/mol.